The monoisotopic (exact) mass is 532 g/mol. The lowest BCUT2D eigenvalue weighted by Crippen LogP contribution is -2.35. The molecule has 3 heterocycles. The molecule has 36 heavy (non-hydrogen) atoms. The van der Waals surface area contributed by atoms with E-state index in [9.17, 15) is 13.9 Å². The number of pyridine rings is 1. The fraction of sp³-hybridized carbons (Fsp3) is 0.200. The molecule has 5 nitrogen and oxygen atoms in total. The summed E-state index contributed by atoms with van der Waals surface area (Å²) in [6.07, 6.45) is 3.96. The zero-order valence-corrected chi connectivity index (χ0v) is 20.4. The molecule has 1 saturated heterocycles. The maximum absolute atomic E-state index is 15.7. The first-order valence-electron chi connectivity index (χ1n) is 11.1. The molecule has 0 saturated carbocycles. The van der Waals surface area contributed by atoms with Crippen LogP contribution in [0.25, 0.3) is 21.7 Å². The lowest BCUT2D eigenvalue weighted by atomic mass is 10.1. The molecule has 2 aromatic carbocycles. The first-order valence-corrected chi connectivity index (χ1v) is 12.7. The van der Waals surface area contributed by atoms with Crippen LogP contribution in [-0.4, -0.2) is 34.3 Å². The van der Waals surface area contributed by atoms with E-state index in [-0.39, 0.29) is 27.9 Å². The van der Waals surface area contributed by atoms with Gasteiger partial charge in [-0.2, -0.15) is 0 Å². The Morgan fingerprint density at radius 3 is 2.44 bits per heavy atom. The van der Waals surface area contributed by atoms with Crippen LogP contribution < -0.4 is 9.62 Å². The average Bonchev–Trinajstić information content (AvgIpc) is 3.31. The first-order chi connectivity index (χ1) is 17.4. The molecule has 0 aliphatic carbocycles. The van der Waals surface area contributed by atoms with E-state index < -0.39 is 23.3 Å². The van der Waals surface area contributed by atoms with E-state index in [1.165, 1.54) is 17.4 Å². The quantitative estimate of drug-likeness (QED) is 0.218. The van der Waals surface area contributed by atoms with Crippen molar-refractivity contribution < 1.29 is 22.7 Å². The Morgan fingerprint density at radius 2 is 1.69 bits per heavy atom. The summed E-state index contributed by atoms with van der Waals surface area (Å²) >= 11 is 1.99. The first kappa shape index (κ1) is 24.5. The average molecular weight is 533 g/mol. The van der Waals surface area contributed by atoms with Gasteiger partial charge in [0.15, 0.2) is 10.9 Å². The van der Waals surface area contributed by atoms with E-state index in [1.54, 1.807) is 24.5 Å². The number of anilines is 2. The van der Waals surface area contributed by atoms with E-state index in [0.717, 1.165) is 24.3 Å². The Hall–Kier alpha value is -3.15. The number of piperidine rings is 1. The van der Waals surface area contributed by atoms with Crippen LogP contribution in [0.2, 0.25) is 0 Å². The van der Waals surface area contributed by atoms with Crippen molar-refractivity contribution in [2.24, 2.45) is 0 Å². The summed E-state index contributed by atoms with van der Waals surface area (Å²) in [6.45, 7) is 1.15. The largest absolute Gasteiger partial charge is 0.393 e. The lowest BCUT2D eigenvalue weighted by Gasteiger charge is -2.29. The minimum atomic E-state index is -0.902. The fourth-order valence-electron chi connectivity index (χ4n) is 3.88. The third-order valence-corrected chi connectivity index (χ3v) is 7.81. The second kappa shape index (κ2) is 10.5. The molecule has 2 aromatic heterocycles. The molecule has 0 spiro atoms. The number of aliphatic hydroxyl groups is 1. The molecule has 1 fully saturated rings. The van der Waals surface area contributed by atoms with Crippen LogP contribution in [0.5, 0.6) is 0 Å². The zero-order chi connectivity index (χ0) is 25.2. The summed E-state index contributed by atoms with van der Waals surface area (Å²) in [5.74, 6) is -3.02. The van der Waals surface area contributed by atoms with Crippen molar-refractivity contribution in [3.05, 3.63) is 78.1 Å². The molecule has 0 bridgehead atoms. The van der Waals surface area contributed by atoms with Gasteiger partial charge in [-0.15, -0.1) is 0 Å². The molecule has 0 unspecified atom stereocenters. The normalized spacial score (nSPS) is 14.3. The van der Waals surface area contributed by atoms with Crippen LogP contribution in [0.15, 0.2) is 59.8 Å². The molecule has 0 atom stereocenters. The molecule has 1 aliphatic heterocycles. The number of hydrogen-bond acceptors (Lipinski definition) is 7. The second-order valence-corrected chi connectivity index (χ2v) is 10.0. The Labute approximate surface area is 213 Å². The number of nitrogens with zero attached hydrogens (tertiary/aromatic N) is 3. The Balaban J connectivity index is 1.54. The van der Waals surface area contributed by atoms with Gasteiger partial charge in [0.1, 0.15) is 17.5 Å². The van der Waals surface area contributed by atoms with Crippen molar-refractivity contribution in [3.63, 3.8) is 0 Å². The molecular weight excluding hydrogens is 512 g/mol. The third-order valence-electron chi connectivity index (χ3n) is 5.79. The van der Waals surface area contributed by atoms with Gasteiger partial charge in [0, 0.05) is 25.5 Å². The molecular formula is C25H20F4N4OS2. The topological polar surface area (TPSA) is 61.3 Å². The zero-order valence-electron chi connectivity index (χ0n) is 18.7. The summed E-state index contributed by atoms with van der Waals surface area (Å²) in [7, 11) is 0. The second-order valence-electron chi connectivity index (χ2n) is 8.19. The number of aromatic nitrogens is 2. The number of halogens is 4. The molecule has 2 N–H and O–H groups in total. The Morgan fingerprint density at radius 1 is 0.972 bits per heavy atom. The molecule has 5 rings (SSSR count). The van der Waals surface area contributed by atoms with E-state index >= 15 is 8.78 Å². The predicted octanol–water partition coefficient (Wildman–Crippen LogP) is 6.51. The van der Waals surface area contributed by atoms with Gasteiger partial charge in [0.25, 0.3) is 0 Å². The molecule has 0 radical (unpaired) electrons. The van der Waals surface area contributed by atoms with Gasteiger partial charge in [-0.25, -0.2) is 22.5 Å². The highest BCUT2D eigenvalue weighted by Crippen LogP contribution is 2.44. The third kappa shape index (κ3) is 5.04. The Bertz CT molecular complexity index is 1380. The van der Waals surface area contributed by atoms with Crippen LogP contribution in [0, 0.1) is 23.3 Å². The minimum absolute atomic E-state index is 0.0685. The van der Waals surface area contributed by atoms with Gasteiger partial charge in [-0.05, 0) is 72.8 Å². The summed E-state index contributed by atoms with van der Waals surface area (Å²) in [5.41, 5.74) is 0.408. The summed E-state index contributed by atoms with van der Waals surface area (Å²) in [5, 5.41) is 10.4. The number of nitrogens with one attached hydrogen (secondary N) is 1. The van der Waals surface area contributed by atoms with Crippen molar-refractivity contribution in [3.8, 4) is 21.7 Å². The number of aliphatic hydroxyl groups excluding tert-OH is 1. The van der Waals surface area contributed by atoms with Crippen molar-refractivity contribution >= 4 is 34.1 Å². The van der Waals surface area contributed by atoms with Crippen molar-refractivity contribution in [1.82, 2.24) is 9.97 Å². The highest BCUT2D eigenvalue weighted by Gasteiger charge is 2.27. The highest BCUT2D eigenvalue weighted by molar-refractivity contribution is 8.00. The van der Waals surface area contributed by atoms with E-state index in [4.69, 9.17) is 0 Å². The van der Waals surface area contributed by atoms with Crippen LogP contribution in [0.4, 0.5) is 28.4 Å². The van der Waals surface area contributed by atoms with Gasteiger partial charge in [0.05, 0.1) is 32.8 Å². The highest BCUT2D eigenvalue weighted by atomic mass is 32.2. The number of rotatable bonds is 6. The molecule has 0 amide bonds. The molecule has 1 aliphatic rings. The van der Waals surface area contributed by atoms with Crippen LogP contribution in [0.1, 0.15) is 12.8 Å². The number of thiazole rings is 1. The number of benzene rings is 2. The van der Waals surface area contributed by atoms with Gasteiger partial charge >= 0.3 is 0 Å². The molecule has 4 aromatic rings. The van der Waals surface area contributed by atoms with E-state index in [1.807, 2.05) is 4.90 Å². The maximum Gasteiger partial charge on any atom is 0.186 e. The predicted molar refractivity (Wildman–Crippen MR) is 134 cm³/mol. The van der Waals surface area contributed by atoms with E-state index in [0.29, 0.717) is 53.5 Å². The summed E-state index contributed by atoms with van der Waals surface area (Å²) < 4.78 is 61.0. The van der Waals surface area contributed by atoms with Gasteiger partial charge in [0.2, 0.25) is 0 Å². The minimum Gasteiger partial charge on any atom is -0.393 e. The van der Waals surface area contributed by atoms with Gasteiger partial charge in [-0.1, -0.05) is 11.3 Å². The Kier molecular flexibility index (Phi) is 7.13. The van der Waals surface area contributed by atoms with Crippen molar-refractivity contribution in [1.29, 1.82) is 0 Å². The van der Waals surface area contributed by atoms with Gasteiger partial charge in [-0.3, -0.25) is 4.98 Å². The maximum atomic E-state index is 15.7. The van der Waals surface area contributed by atoms with Crippen molar-refractivity contribution in [2.45, 2.75) is 23.8 Å². The number of hydrogen-bond donors (Lipinski definition) is 2. The SMILES string of the molecule is OC1CCN(c2nc(-c3c(F)ccc(NSc4cc(F)ccc4F)c3F)c(-c3ccncc3)s2)CC1. The standard InChI is InChI=1S/C25H20F4N4OS2/c26-15-1-2-17(27)20(13-15)36-32-19-4-3-18(28)21(22(19)29)23-24(14-5-9-30-10-6-14)35-25(31-23)33-11-7-16(34)8-12-33/h1-6,9-10,13,16,32,34H,7-8,11-12H2. The van der Waals surface area contributed by atoms with E-state index in [2.05, 4.69) is 14.7 Å². The lowest BCUT2D eigenvalue weighted by molar-refractivity contribution is 0.145. The molecule has 11 heteroatoms. The van der Waals surface area contributed by atoms with Crippen LogP contribution in [-0.2, 0) is 0 Å². The van der Waals surface area contributed by atoms with Crippen LogP contribution >= 0.6 is 23.3 Å². The summed E-state index contributed by atoms with van der Waals surface area (Å²) in [6, 6.07) is 8.73. The fourth-order valence-corrected chi connectivity index (χ4v) is 5.73. The smallest absolute Gasteiger partial charge is 0.186 e. The van der Waals surface area contributed by atoms with Crippen molar-refractivity contribution in [2.75, 3.05) is 22.7 Å². The summed E-state index contributed by atoms with van der Waals surface area (Å²) in [4.78, 5) is 11.1. The van der Waals surface area contributed by atoms with Gasteiger partial charge < -0.3 is 14.7 Å². The van der Waals surface area contributed by atoms with Crippen LogP contribution in [0.3, 0.4) is 0 Å². The molecule has 186 valence electrons.